The number of carbonyl (C=O) groups is 1. The Balaban J connectivity index is 2.22. The number of nitrogens with one attached hydrogen (secondary N) is 1. The van der Waals surface area contributed by atoms with Gasteiger partial charge in [0, 0.05) is 29.4 Å². The van der Waals surface area contributed by atoms with Crippen LogP contribution in [0, 0.1) is 0 Å². The standard InChI is InChI=1S/C12H11N2OS/c15-12(5-7-16)14-10-3-4-11-9(8-10)2-1-6-13-11/h1-4,6,8H,5,7H2,(H,14,15). The van der Waals surface area contributed by atoms with Crippen molar-refractivity contribution in [2.75, 3.05) is 11.1 Å². The second-order valence-electron chi connectivity index (χ2n) is 3.41. The van der Waals surface area contributed by atoms with Crippen LogP contribution in [0.3, 0.4) is 0 Å². The van der Waals surface area contributed by atoms with Gasteiger partial charge < -0.3 is 5.32 Å². The molecule has 0 aliphatic heterocycles. The molecule has 0 aliphatic rings. The Bertz CT molecular complexity index is 513. The van der Waals surface area contributed by atoms with Crippen LogP contribution in [0.25, 0.3) is 10.9 Å². The summed E-state index contributed by atoms with van der Waals surface area (Å²) in [5, 5.41) is 3.81. The first-order chi connectivity index (χ1) is 7.79. The van der Waals surface area contributed by atoms with Crippen LogP contribution in [0.4, 0.5) is 5.69 Å². The summed E-state index contributed by atoms with van der Waals surface area (Å²) < 4.78 is 0. The third-order valence-corrected chi connectivity index (χ3v) is 2.42. The summed E-state index contributed by atoms with van der Waals surface area (Å²) in [6.45, 7) is 0. The zero-order chi connectivity index (χ0) is 11.4. The second kappa shape index (κ2) is 4.99. The number of carbonyl (C=O) groups excluding carboxylic acids is 1. The molecule has 4 heteroatoms. The lowest BCUT2D eigenvalue weighted by Crippen LogP contribution is -2.11. The van der Waals surface area contributed by atoms with Gasteiger partial charge >= 0.3 is 0 Å². The highest BCUT2D eigenvalue weighted by molar-refractivity contribution is 7.80. The van der Waals surface area contributed by atoms with Crippen molar-refractivity contribution < 1.29 is 4.79 Å². The zero-order valence-corrected chi connectivity index (χ0v) is 9.46. The first-order valence-electron chi connectivity index (χ1n) is 5.02. The molecule has 0 aliphatic carbocycles. The average Bonchev–Trinajstić information content (AvgIpc) is 2.29. The van der Waals surface area contributed by atoms with Gasteiger partial charge in [0.25, 0.3) is 0 Å². The SMILES string of the molecule is O=C(CC[S])Nc1ccc2ncccc2c1. The first kappa shape index (κ1) is 11.0. The Morgan fingerprint density at radius 3 is 3.06 bits per heavy atom. The van der Waals surface area contributed by atoms with E-state index in [1.165, 1.54) is 0 Å². The molecule has 0 fully saturated rings. The lowest BCUT2D eigenvalue weighted by Gasteiger charge is -2.04. The Morgan fingerprint density at radius 1 is 1.38 bits per heavy atom. The maximum Gasteiger partial charge on any atom is 0.225 e. The van der Waals surface area contributed by atoms with Crippen LogP contribution in [0.5, 0.6) is 0 Å². The predicted molar refractivity (Wildman–Crippen MR) is 67.4 cm³/mol. The van der Waals surface area contributed by atoms with Gasteiger partial charge in [0.2, 0.25) is 5.91 Å². The van der Waals surface area contributed by atoms with E-state index in [0.717, 1.165) is 16.6 Å². The molecule has 1 amide bonds. The summed E-state index contributed by atoms with van der Waals surface area (Å²) in [6, 6.07) is 9.47. The van der Waals surface area contributed by atoms with Gasteiger partial charge in [0.05, 0.1) is 5.52 Å². The molecule has 81 valence electrons. The van der Waals surface area contributed by atoms with Crippen molar-refractivity contribution in [1.82, 2.24) is 4.98 Å². The fourth-order valence-electron chi connectivity index (χ4n) is 1.47. The first-order valence-corrected chi connectivity index (χ1v) is 5.60. The minimum Gasteiger partial charge on any atom is -0.326 e. The summed E-state index contributed by atoms with van der Waals surface area (Å²) in [4.78, 5) is 15.6. The smallest absolute Gasteiger partial charge is 0.225 e. The minimum atomic E-state index is -0.0433. The van der Waals surface area contributed by atoms with Gasteiger partial charge in [-0.05, 0) is 24.3 Å². The zero-order valence-electron chi connectivity index (χ0n) is 8.64. The number of anilines is 1. The predicted octanol–water partition coefficient (Wildman–Crippen LogP) is 2.76. The van der Waals surface area contributed by atoms with E-state index in [1.54, 1.807) is 6.20 Å². The number of rotatable bonds is 3. The largest absolute Gasteiger partial charge is 0.326 e. The van der Waals surface area contributed by atoms with Crippen molar-refractivity contribution in [3.8, 4) is 0 Å². The van der Waals surface area contributed by atoms with E-state index in [-0.39, 0.29) is 5.91 Å². The molecule has 0 atom stereocenters. The van der Waals surface area contributed by atoms with E-state index in [2.05, 4.69) is 10.3 Å². The second-order valence-corrected chi connectivity index (χ2v) is 3.82. The highest BCUT2D eigenvalue weighted by atomic mass is 32.1. The molecule has 3 nitrogen and oxygen atoms in total. The van der Waals surface area contributed by atoms with E-state index in [1.807, 2.05) is 30.3 Å². The Hall–Kier alpha value is -1.55. The molecular weight excluding hydrogens is 220 g/mol. The summed E-state index contributed by atoms with van der Waals surface area (Å²) in [7, 11) is 0. The molecule has 0 saturated heterocycles. The number of fused-ring (bicyclic) bond motifs is 1. The number of amides is 1. The molecule has 2 rings (SSSR count). The topological polar surface area (TPSA) is 42.0 Å². The molecule has 16 heavy (non-hydrogen) atoms. The van der Waals surface area contributed by atoms with Gasteiger partial charge in [-0.15, -0.1) is 0 Å². The van der Waals surface area contributed by atoms with Crippen LogP contribution >= 0.6 is 12.6 Å². The minimum absolute atomic E-state index is 0.0433. The van der Waals surface area contributed by atoms with Gasteiger partial charge in [-0.3, -0.25) is 9.78 Å². The number of pyridine rings is 1. The molecule has 0 saturated carbocycles. The van der Waals surface area contributed by atoms with E-state index in [0.29, 0.717) is 12.2 Å². The van der Waals surface area contributed by atoms with Crippen LogP contribution in [-0.4, -0.2) is 16.6 Å². The van der Waals surface area contributed by atoms with Gasteiger partial charge in [0.15, 0.2) is 0 Å². The fourth-order valence-corrected chi connectivity index (χ4v) is 1.65. The molecule has 1 aromatic heterocycles. The quantitative estimate of drug-likeness (QED) is 0.882. The molecule has 1 aromatic carbocycles. The van der Waals surface area contributed by atoms with Crippen LogP contribution < -0.4 is 5.32 Å². The van der Waals surface area contributed by atoms with Crippen molar-refractivity contribution in [3.63, 3.8) is 0 Å². The molecule has 0 unspecified atom stereocenters. The normalized spacial score (nSPS) is 10.3. The van der Waals surface area contributed by atoms with Crippen molar-refractivity contribution in [2.24, 2.45) is 0 Å². The molecule has 0 bridgehead atoms. The van der Waals surface area contributed by atoms with Crippen LogP contribution in [0.15, 0.2) is 36.5 Å². The van der Waals surface area contributed by atoms with Crippen molar-refractivity contribution >= 4 is 35.1 Å². The Labute approximate surface area is 99.3 Å². The summed E-state index contributed by atoms with van der Waals surface area (Å²) in [5.41, 5.74) is 1.71. The lowest BCUT2D eigenvalue weighted by molar-refractivity contribution is -0.115. The van der Waals surface area contributed by atoms with Crippen LogP contribution in [-0.2, 0) is 4.79 Å². The maximum atomic E-state index is 11.4. The summed E-state index contributed by atoms with van der Waals surface area (Å²) >= 11 is 4.75. The van der Waals surface area contributed by atoms with E-state index in [4.69, 9.17) is 12.6 Å². The number of hydrogen-bond donors (Lipinski definition) is 1. The number of hydrogen-bond acceptors (Lipinski definition) is 2. The van der Waals surface area contributed by atoms with Gasteiger partial charge in [-0.1, -0.05) is 18.7 Å². The van der Waals surface area contributed by atoms with Gasteiger partial charge in [-0.25, -0.2) is 0 Å². The summed E-state index contributed by atoms with van der Waals surface area (Å²) in [5.74, 6) is 0.402. The molecule has 2 aromatic rings. The number of nitrogens with zero attached hydrogens (tertiary/aromatic N) is 1. The van der Waals surface area contributed by atoms with Crippen LogP contribution in [0.1, 0.15) is 6.42 Å². The fraction of sp³-hybridized carbons (Fsp3) is 0.167. The third kappa shape index (κ3) is 2.52. The lowest BCUT2D eigenvalue weighted by atomic mass is 10.2. The van der Waals surface area contributed by atoms with E-state index in [9.17, 15) is 4.79 Å². The average molecular weight is 231 g/mol. The molecule has 1 N–H and O–H groups in total. The van der Waals surface area contributed by atoms with E-state index >= 15 is 0 Å². The Morgan fingerprint density at radius 2 is 2.25 bits per heavy atom. The molecule has 1 radical (unpaired) electrons. The molecule has 1 heterocycles. The van der Waals surface area contributed by atoms with Crippen molar-refractivity contribution in [2.45, 2.75) is 6.42 Å². The van der Waals surface area contributed by atoms with Crippen molar-refractivity contribution in [3.05, 3.63) is 36.5 Å². The number of aromatic nitrogens is 1. The Kier molecular flexibility index (Phi) is 3.41. The monoisotopic (exact) mass is 231 g/mol. The third-order valence-electron chi connectivity index (χ3n) is 2.22. The highest BCUT2D eigenvalue weighted by Crippen LogP contribution is 2.16. The highest BCUT2D eigenvalue weighted by Gasteiger charge is 2.01. The van der Waals surface area contributed by atoms with Crippen molar-refractivity contribution in [1.29, 1.82) is 0 Å². The van der Waals surface area contributed by atoms with E-state index < -0.39 is 0 Å². The summed E-state index contributed by atoms with van der Waals surface area (Å²) in [6.07, 6.45) is 2.12. The maximum absolute atomic E-state index is 11.4. The number of benzene rings is 1. The van der Waals surface area contributed by atoms with Crippen LogP contribution in [0.2, 0.25) is 0 Å². The van der Waals surface area contributed by atoms with Gasteiger partial charge in [-0.2, -0.15) is 0 Å². The molecule has 0 spiro atoms. The molecular formula is C12H11N2OS. The van der Waals surface area contributed by atoms with Gasteiger partial charge in [0.1, 0.15) is 0 Å².